The monoisotopic (exact) mass is 449 g/mol. The SMILES string of the molecule is C=Cc1cc(CNc2[nH]nc(Nc3ccc(N4CCOCC4)cn3)c2C(N)=O)cc(C)c1O. The summed E-state index contributed by atoms with van der Waals surface area (Å²) in [5, 5.41) is 23.3. The maximum absolute atomic E-state index is 12.2. The molecule has 0 saturated carbocycles. The maximum atomic E-state index is 12.2. The Bertz CT molecular complexity index is 1150. The van der Waals surface area contributed by atoms with E-state index in [1.54, 1.807) is 12.3 Å². The van der Waals surface area contributed by atoms with Gasteiger partial charge in [-0.15, -0.1) is 0 Å². The Balaban J connectivity index is 1.48. The molecule has 0 atom stereocenters. The quantitative estimate of drug-likeness (QED) is 0.353. The summed E-state index contributed by atoms with van der Waals surface area (Å²) < 4.78 is 5.38. The van der Waals surface area contributed by atoms with Gasteiger partial charge in [-0.05, 0) is 36.2 Å². The molecule has 0 aliphatic carbocycles. The number of anilines is 4. The van der Waals surface area contributed by atoms with Gasteiger partial charge in [0.15, 0.2) is 5.82 Å². The fourth-order valence-corrected chi connectivity index (χ4v) is 3.72. The highest BCUT2D eigenvalue weighted by Gasteiger charge is 2.19. The lowest BCUT2D eigenvalue weighted by Crippen LogP contribution is -2.36. The molecule has 10 heteroatoms. The molecule has 1 saturated heterocycles. The third-order valence-electron chi connectivity index (χ3n) is 5.46. The fourth-order valence-electron chi connectivity index (χ4n) is 3.72. The molecule has 3 aromatic rings. The van der Waals surface area contributed by atoms with E-state index in [-0.39, 0.29) is 17.1 Å². The number of pyridine rings is 1. The van der Waals surface area contributed by atoms with Crippen LogP contribution < -0.4 is 21.3 Å². The number of H-pyrrole nitrogens is 1. The third kappa shape index (κ3) is 4.90. The number of primary amides is 1. The molecule has 4 rings (SSSR count). The molecular formula is C23H27N7O3. The molecular weight excluding hydrogens is 422 g/mol. The van der Waals surface area contributed by atoms with Crippen LogP contribution in [0.2, 0.25) is 0 Å². The van der Waals surface area contributed by atoms with Gasteiger partial charge in [0, 0.05) is 25.2 Å². The number of hydrogen-bond donors (Lipinski definition) is 5. The van der Waals surface area contributed by atoms with Gasteiger partial charge in [-0.1, -0.05) is 18.7 Å². The zero-order valence-electron chi connectivity index (χ0n) is 18.4. The lowest BCUT2D eigenvalue weighted by atomic mass is 10.0. The Hall–Kier alpha value is -4.05. The predicted molar refractivity (Wildman–Crippen MR) is 128 cm³/mol. The van der Waals surface area contributed by atoms with Crippen LogP contribution in [0, 0.1) is 6.92 Å². The molecule has 172 valence electrons. The van der Waals surface area contributed by atoms with E-state index in [0.29, 0.717) is 37.0 Å². The minimum absolute atomic E-state index is 0.201. The first kappa shape index (κ1) is 22.2. The number of benzene rings is 1. The second kappa shape index (κ2) is 9.61. The van der Waals surface area contributed by atoms with E-state index in [0.717, 1.165) is 29.9 Å². The Morgan fingerprint density at radius 3 is 2.82 bits per heavy atom. The van der Waals surface area contributed by atoms with Crippen LogP contribution in [0.1, 0.15) is 27.0 Å². The standard InChI is InChI=1S/C23H27N7O3/c1-3-16-11-15(10-14(2)20(16)31)12-26-22-19(21(24)32)23(29-28-22)27-18-5-4-17(13-25-18)30-6-8-33-9-7-30/h3-5,10-11,13,31H,1,6-9,12H2,2H3,(H2,24,32)(H3,25,26,27,28,29). The van der Waals surface area contributed by atoms with Gasteiger partial charge < -0.3 is 31.1 Å². The smallest absolute Gasteiger partial charge is 0.256 e. The van der Waals surface area contributed by atoms with Crippen molar-refractivity contribution in [2.75, 3.05) is 41.8 Å². The summed E-state index contributed by atoms with van der Waals surface area (Å²) >= 11 is 0. The number of rotatable bonds is 8. The van der Waals surface area contributed by atoms with Crippen LogP contribution in [-0.2, 0) is 11.3 Å². The first-order valence-electron chi connectivity index (χ1n) is 10.6. The molecule has 10 nitrogen and oxygen atoms in total. The van der Waals surface area contributed by atoms with Gasteiger partial charge in [0.1, 0.15) is 22.9 Å². The van der Waals surface area contributed by atoms with E-state index in [1.165, 1.54) is 0 Å². The molecule has 1 fully saturated rings. The number of aromatic hydroxyl groups is 1. The van der Waals surface area contributed by atoms with Gasteiger partial charge >= 0.3 is 0 Å². The van der Waals surface area contributed by atoms with E-state index in [9.17, 15) is 9.90 Å². The van der Waals surface area contributed by atoms with Crippen molar-refractivity contribution >= 4 is 35.1 Å². The molecule has 0 unspecified atom stereocenters. The molecule has 0 spiro atoms. The lowest BCUT2D eigenvalue weighted by Gasteiger charge is -2.28. The van der Waals surface area contributed by atoms with Gasteiger partial charge in [0.25, 0.3) is 5.91 Å². The van der Waals surface area contributed by atoms with Crippen LogP contribution in [0.15, 0.2) is 37.0 Å². The molecule has 2 aromatic heterocycles. The maximum Gasteiger partial charge on any atom is 0.256 e. The molecule has 6 N–H and O–H groups in total. The van der Waals surface area contributed by atoms with Crippen molar-refractivity contribution in [3.63, 3.8) is 0 Å². The number of aromatic nitrogens is 3. The lowest BCUT2D eigenvalue weighted by molar-refractivity contribution is 0.100. The number of aromatic amines is 1. The van der Waals surface area contributed by atoms with Crippen molar-refractivity contribution in [2.45, 2.75) is 13.5 Å². The predicted octanol–water partition coefficient (Wildman–Crippen LogP) is 2.75. The Labute approximate surface area is 191 Å². The number of nitrogens with zero attached hydrogens (tertiary/aromatic N) is 3. The number of phenols is 1. The highest BCUT2D eigenvalue weighted by molar-refractivity contribution is 6.03. The van der Waals surface area contributed by atoms with Crippen LogP contribution in [0.4, 0.5) is 23.1 Å². The van der Waals surface area contributed by atoms with Crippen LogP contribution in [0.5, 0.6) is 5.75 Å². The van der Waals surface area contributed by atoms with Crippen LogP contribution in [0.25, 0.3) is 6.08 Å². The second-order valence-electron chi connectivity index (χ2n) is 7.72. The summed E-state index contributed by atoms with van der Waals surface area (Å²) in [5.74, 6) is 0.780. The van der Waals surface area contributed by atoms with Gasteiger partial charge in [-0.25, -0.2) is 4.98 Å². The summed E-state index contributed by atoms with van der Waals surface area (Å²) in [7, 11) is 0. The Morgan fingerprint density at radius 1 is 1.36 bits per heavy atom. The molecule has 1 amide bonds. The van der Waals surface area contributed by atoms with Crippen molar-refractivity contribution in [3.05, 3.63) is 59.3 Å². The third-order valence-corrected chi connectivity index (χ3v) is 5.46. The average molecular weight is 450 g/mol. The second-order valence-corrected chi connectivity index (χ2v) is 7.72. The van der Waals surface area contributed by atoms with Crippen molar-refractivity contribution in [3.8, 4) is 5.75 Å². The van der Waals surface area contributed by atoms with Crippen LogP contribution in [-0.4, -0.2) is 52.5 Å². The molecule has 33 heavy (non-hydrogen) atoms. The van der Waals surface area contributed by atoms with Crippen molar-refractivity contribution < 1.29 is 14.6 Å². The number of ether oxygens (including phenoxy) is 1. The first-order chi connectivity index (χ1) is 16.0. The van der Waals surface area contributed by atoms with Gasteiger partial charge in [0.05, 0.1) is 25.1 Å². The number of hydrogen-bond acceptors (Lipinski definition) is 8. The normalized spacial score (nSPS) is 13.5. The van der Waals surface area contributed by atoms with E-state index >= 15 is 0 Å². The number of nitrogens with one attached hydrogen (secondary N) is 3. The van der Waals surface area contributed by atoms with E-state index in [1.807, 2.05) is 31.2 Å². The number of phenolic OH excluding ortho intramolecular Hbond substituents is 1. The number of morpholine rings is 1. The molecule has 1 aliphatic heterocycles. The largest absolute Gasteiger partial charge is 0.507 e. The summed E-state index contributed by atoms with van der Waals surface area (Å²) in [4.78, 5) is 18.8. The zero-order chi connectivity index (χ0) is 23.4. The Kier molecular flexibility index (Phi) is 6.45. The minimum Gasteiger partial charge on any atom is -0.507 e. The highest BCUT2D eigenvalue weighted by atomic mass is 16.5. The number of carbonyl (C=O) groups excluding carboxylic acids is 1. The fraction of sp³-hybridized carbons (Fsp3) is 0.261. The van der Waals surface area contributed by atoms with E-state index in [4.69, 9.17) is 10.5 Å². The van der Waals surface area contributed by atoms with Gasteiger partial charge in [-0.3, -0.25) is 9.89 Å². The highest BCUT2D eigenvalue weighted by Crippen LogP contribution is 2.27. The molecule has 1 aromatic carbocycles. The summed E-state index contributed by atoms with van der Waals surface area (Å²) in [6, 6.07) is 7.46. The van der Waals surface area contributed by atoms with E-state index < -0.39 is 5.91 Å². The van der Waals surface area contributed by atoms with Crippen LogP contribution in [0.3, 0.4) is 0 Å². The summed E-state index contributed by atoms with van der Waals surface area (Å²) in [6.07, 6.45) is 3.37. The molecule has 0 radical (unpaired) electrons. The van der Waals surface area contributed by atoms with Gasteiger partial charge in [-0.2, -0.15) is 5.10 Å². The number of aryl methyl sites for hydroxylation is 1. The number of amides is 1. The molecule has 1 aliphatic rings. The van der Waals surface area contributed by atoms with Crippen molar-refractivity contribution in [1.29, 1.82) is 0 Å². The molecule has 0 bridgehead atoms. The summed E-state index contributed by atoms with van der Waals surface area (Å²) in [6.45, 7) is 8.97. The van der Waals surface area contributed by atoms with Crippen molar-refractivity contribution in [2.24, 2.45) is 5.73 Å². The Morgan fingerprint density at radius 2 is 2.15 bits per heavy atom. The minimum atomic E-state index is -0.632. The van der Waals surface area contributed by atoms with Crippen LogP contribution >= 0.6 is 0 Å². The topological polar surface area (TPSA) is 141 Å². The first-order valence-corrected chi connectivity index (χ1v) is 10.6. The number of carbonyl (C=O) groups is 1. The van der Waals surface area contributed by atoms with Crippen molar-refractivity contribution in [1.82, 2.24) is 15.2 Å². The molecule has 3 heterocycles. The zero-order valence-corrected chi connectivity index (χ0v) is 18.4. The summed E-state index contributed by atoms with van der Waals surface area (Å²) in [5.41, 5.74) is 9.11. The number of nitrogens with two attached hydrogens (primary N) is 1. The average Bonchev–Trinajstić information content (AvgIpc) is 3.23. The van der Waals surface area contributed by atoms with E-state index in [2.05, 4.69) is 37.3 Å². The van der Waals surface area contributed by atoms with Gasteiger partial charge in [0.2, 0.25) is 0 Å².